The lowest BCUT2D eigenvalue weighted by Crippen LogP contribution is -2.41. The number of carbonyl (C=O) groups excluding carboxylic acids is 2. The molecule has 1 fully saturated rings. The zero-order chi connectivity index (χ0) is 18.4. The highest BCUT2D eigenvalue weighted by molar-refractivity contribution is 5.82. The van der Waals surface area contributed by atoms with E-state index in [2.05, 4.69) is 0 Å². The molecule has 0 bridgehead atoms. The molecule has 1 amide bonds. The van der Waals surface area contributed by atoms with E-state index in [0.717, 1.165) is 5.56 Å². The number of ether oxygens (including phenoxy) is 3. The van der Waals surface area contributed by atoms with Crippen LogP contribution in [0.15, 0.2) is 60.7 Å². The number of nitrogens with zero attached hydrogens (tertiary/aromatic N) is 1. The monoisotopic (exact) mass is 355 g/mol. The van der Waals surface area contributed by atoms with Crippen LogP contribution in [0.2, 0.25) is 0 Å². The van der Waals surface area contributed by atoms with E-state index >= 15 is 0 Å². The minimum Gasteiger partial charge on any atom is -0.488 e. The van der Waals surface area contributed by atoms with Gasteiger partial charge in [0.2, 0.25) is 0 Å². The van der Waals surface area contributed by atoms with E-state index in [-0.39, 0.29) is 19.3 Å². The minimum atomic E-state index is -0.711. The van der Waals surface area contributed by atoms with Gasteiger partial charge in [-0.25, -0.2) is 9.59 Å². The standard InChI is InChI=1S/C20H21NO5/c1-24-19(22)18-12-17(26-16-10-6-3-7-11-16)13-21(18)20(23)25-14-15-8-4-2-5-9-15/h2-11,17-18H,12-14H2,1H3/t17-,18+/m1/s1. The molecule has 0 aromatic heterocycles. The molecule has 0 N–H and O–H groups in total. The Balaban J connectivity index is 1.64. The first-order valence-corrected chi connectivity index (χ1v) is 8.44. The van der Waals surface area contributed by atoms with E-state index < -0.39 is 18.1 Å². The average Bonchev–Trinajstić information content (AvgIpc) is 3.11. The molecular weight excluding hydrogens is 334 g/mol. The average molecular weight is 355 g/mol. The number of likely N-dealkylation sites (tertiary alicyclic amines) is 1. The SMILES string of the molecule is COC(=O)[C@@H]1C[C@@H](Oc2ccccc2)CN1C(=O)OCc1ccccc1. The van der Waals surface area contributed by atoms with Crippen molar-refractivity contribution in [2.75, 3.05) is 13.7 Å². The van der Waals surface area contributed by atoms with Crippen LogP contribution in [-0.4, -0.2) is 42.8 Å². The quantitative estimate of drug-likeness (QED) is 0.772. The van der Waals surface area contributed by atoms with Crippen molar-refractivity contribution in [2.45, 2.75) is 25.2 Å². The first-order valence-electron chi connectivity index (χ1n) is 8.44. The molecule has 1 aliphatic rings. The predicted molar refractivity (Wildman–Crippen MR) is 94.6 cm³/mol. The molecule has 2 atom stereocenters. The van der Waals surface area contributed by atoms with Crippen molar-refractivity contribution in [3.8, 4) is 5.75 Å². The first kappa shape index (κ1) is 17.8. The molecule has 2 aromatic rings. The second-order valence-electron chi connectivity index (χ2n) is 6.02. The number of esters is 1. The number of methoxy groups -OCH3 is 1. The van der Waals surface area contributed by atoms with Crippen LogP contribution < -0.4 is 4.74 Å². The zero-order valence-electron chi connectivity index (χ0n) is 14.5. The fraction of sp³-hybridized carbons (Fsp3) is 0.300. The van der Waals surface area contributed by atoms with Gasteiger partial charge in [0.25, 0.3) is 0 Å². The van der Waals surface area contributed by atoms with Crippen molar-refractivity contribution >= 4 is 12.1 Å². The summed E-state index contributed by atoms with van der Waals surface area (Å²) in [5.74, 6) is 0.224. The first-order chi connectivity index (χ1) is 12.7. The highest BCUT2D eigenvalue weighted by atomic mass is 16.6. The third kappa shape index (κ3) is 4.33. The normalized spacial score (nSPS) is 19.0. The van der Waals surface area contributed by atoms with Crippen LogP contribution in [0.3, 0.4) is 0 Å². The van der Waals surface area contributed by atoms with E-state index in [1.54, 1.807) is 0 Å². The van der Waals surface area contributed by atoms with Crippen LogP contribution >= 0.6 is 0 Å². The number of rotatable bonds is 5. The van der Waals surface area contributed by atoms with Crippen LogP contribution in [0, 0.1) is 0 Å². The summed E-state index contributed by atoms with van der Waals surface area (Å²) in [6.07, 6.45) is -0.490. The van der Waals surface area contributed by atoms with Gasteiger partial charge >= 0.3 is 12.1 Å². The van der Waals surface area contributed by atoms with Gasteiger partial charge in [-0.15, -0.1) is 0 Å². The Bertz CT molecular complexity index is 734. The molecule has 1 saturated heterocycles. The van der Waals surface area contributed by atoms with E-state index in [4.69, 9.17) is 14.2 Å². The van der Waals surface area contributed by atoms with Gasteiger partial charge in [0, 0.05) is 6.42 Å². The topological polar surface area (TPSA) is 65.1 Å². The van der Waals surface area contributed by atoms with E-state index in [0.29, 0.717) is 12.2 Å². The Kier molecular flexibility index (Phi) is 5.73. The molecule has 1 heterocycles. The molecule has 0 spiro atoms. The highest BCUT2D eigenvalue weighted by Gasteiger charge is 2.42. The van der Waals surface area contributed by atoms with Gasteiger partial charge in [0.1, 0.15) is 24.5 Å². The Morgan fingerprint density at radius 3 is 2.35 bits per heavy atom. The molecule has 0 unspecified atom stereocenters. The molecule has 6 nitrogen and oxygen atoms in total. The molecule has 0 saturated carbocycles. The summed E-state index contributed by atoms with van der Waals surface area (Å²) in [6, 6.07) is 18.0. The Morgan fingerprint density at radius 2 is 1.69 bits per heavy atom. The summed E-state index contributed by atoms with van der Waals surface area (Å²) in [6.45, 7) is 0.413. The van der Waals surface area contributed by atoms with Gasteiger partial charge in [0.15, 0.2) is 0 Å². The molecule has 26 heavy (non-hydrogen) atoms. The number of hydrogen-bond donors (Lipinski definition) is 0. The molecule has 1 aliphatic heterocycles. The van der Waals surface area contributed by atoms with Gasteiger partial charge in [-0.3, -0.25) is 4.90 Å². The lowest BCUT2D eigenvalue weighted by molar-refractivity contribution is -0.145. The molecule has 0 aliphatic carbocycles. The van der Waals surface area contributed by atoms with E-state index in [1.165, 1.54) is 12.0 Å². The van der Waals surface area contributed by atoms with Gasteiger partial charge in [-0.05, 0) is 17.7 Å². The summed E-state index contributed by atoms with van der Waals surface area (Å²) in [4.78, 5) is 25.9. The fourth-order valence-corrected chi connectivity index (χ4v) is 2.94. The van der Waals surface area contributed by atoms with Crippen LogP contribution in [0.4, 0.5) is 4.79 Å². The molecule has 3 rings (SSSR count). The van der Waals surface area contributed by atoms with Crippen molar-refractivity contribution in [3.63, 3.8) is 0 Å². The predicted octanol–water partition coefficient (Wildman–Crippen LogP) is 3.02. The third-order valence-corrected chi connectivity index (χ3v) is 4.22. The van der Waals surface area contributed by atoms with Crippen molar-refractivity contribution in [1.29, 1.82) is 0 Å². The maximum absolute atomic E-state index is 12.5. The number of benzene rings is 2. The third-order valence-electron chi connectivity index (χ3n) is 4.22. The van der Waals surface area contributed by atoms with Crippen molar-refractivity contribution in [2.24, 2.45) is 0 Å². The lowest BCUT2D eigenvalue weighted by atomic mass is 10.2. The maximum Gasteiger partial charge on any atom is 0.410 e. The summed E-state index contributed by atoms with van der Waals surface area (Å²) < 4.78 is 16.1. The summed E-state index contributed by atoms with van der Waals surface area (Å²) in [5.41, 5.74) is 0.881. The highest BCUT2D eigenvalue weighted by Crippen LogP contribution is 2.24. The van der Waals surface area contributed by atoms with Gasteiger partial charge in [0.05, 0.1) is 13.7 Å². The molecule has 2 aromatic carbocycles. The van der Waals surface area contributed by atoms with Gasteiger partial charge in [-0.1, -0.05) is 48.5 Å². The zero-order valence-corrected chi connectivity index (χ0v) is 14.5. The molecule has 0 radical (unpaired) electrons. The largest absolute Gasteiger partial charge is 0.488 e. The number of carbonyl (C=O) groups is 2. The number of hydrogen-bond acceptors (Lipinski definition) is 5. The smallest absolute Gasteiger partial charge is 0.410 e. The summed E-state index contributed by atoms with van der Waals surface area (Å²) in [5, 5.41) is 0. The van der Waals surface area contributed by atoms with Crippen molar-refractivity contribution in [1.82, 2.24) is 4.90 Å². The Hall–Kier alpha value is -3.02. The van der Waals surface area contributed by atoms with Crippen molar-refractivity contribution < 1.29 is 23.8 Å². The summed E-state index contributed by atoms with van der Waals surface area (Å²) in [7, 11) is 1.31. The van der Waals surface area contributed by atoms with E-state index in [9.17, 15) is 9.59 Å². The Morgan fingerprint density at radius 1 is 1.04 bits per heavy atom. The van der Waals surface area contributed by atoms with Crippen LogP contribution in [0.5, 0.6) is 5.75 Å². The minimum absolute atomic E-state index is 0.147. The number of para-hydroxylation sites is 1. The number of amides is 1. The maximum atomic E-state index is 12.5. The van der Waals surface area contributed by atoms with Crippen LogP contribution in [0.25, 0.3) is 0 Å². The van der Waals surface area contributed by atoms with E-state index in [1.807, 2.05) is 60.7 Å². The Labute approximate surface area is 152 Å². The second kappa shape index (κ2) is 8.38. The van der Waals surface area contributed by atoms with Crippen LogP contribution in [-0.2, 0) is 20.9 Å². The molecule has 6 heteroatoms. The van der Waals surface area contributed by atoms with Crippen LogP contribution in [0.1, 0.15) is 12.0 Å². The molecular formula is C20H21NO5. The van der Waals surface area contributed by atoms with Gasteiger partial charge < -0.3 is 14.2 Å². The fourth-order valence-electron chi connectivity index (χ4n) is 2.94. The molecule has 136 valence electrons. The van der Waals surface area contributed by atoms with Crippen molar-refractivity contribution in [3.05, 3.63) is 66.2 Å². The summed E-state index contributed by atoms with van der Waals surface area (Å²) >= 11 is 0. The van der Waals surface area contributed by atoms with Gasteiger partial charge in [-0.2, -0.15) is 0 Å². The second-order valence-corrected chi connectivity index (χ2v) is 6.02. The lowest BCUT2D eigenvalue weighted by Gasteiger charge is -2.21.